The number of hydrogen-bond donors (Lipinski definition) is 0. The fourth-order valence-electron chi connectivity index (χ4n) is 2.12. The molecule has 3 nitrogen and oxygen atoms in total. The number of nitrogens with zero attached hydrogens (tertiary/aromatic N) is 1. The zero-order chi connectivity index (χ0) is 14.0. The first kappa shape index (κ1) is 14.8. The van der Waals surface area contributed by atoms with Gasteiger partial charge in [-0.15, -0.1) is 0 Å². The van der Waals surface area contributed by atoms with Crippen molar-refractivity contribution in [2.24, 2.45) is 0 Å². The molecule has 0 saturated carbocycles. The minimum absolute atomic E-state index is 0.0496. The Labute approximate surface area is 123 Å². The maximum Gasteiger partial charge on any atom is 0.176 e. The van der Waals surface area contributed by atoms with Gasteiger partial charge in [-0.2, -0.15) is 0 Å². The van der Waals surface area contributed by atoms with Crippen LogP contribution in [0.3, 0.4) is 0 Å². The lowest BCUT2D eigenvalue weighted by molar-refractivity contribution is -0.0467. The summed E-state index contributed by atoms with van der Waals surface area (Å²) in [6.07, 6.45) is 0. The highest BCUT2D eigenvalue weighted by Crippen LogP contribution is 2.24. The van der Waals surface area contributed by atoms with Gasteiger partial charge in [0, 0.05) is 17.6 Å². The van der Waals surface area contributed by atoms with Crippen LogP contribution in [-0.2, 0) is 4.74 Å². The van der Waals surface area contributed by atoms with Crippen molar-refractivity contribution in [3.05, 3.63) is 33.8 Å². The molecule has 0 N–H and O–H groups in total. The average molecular weight is 302 g/mol. The van der Waals surface area contributed by atoms with Crippen LogP contribution in [0.2, 0.25) is 10.0 Å². The van der Waals surface area contributed by atoms with Crippen molar-refractivity contribution in [2.45, 2.75) is 19.4 Å². The summed E-state index contributed by atoms with van der Waals surface area (Å²) in [5.41, 5.74) is 0.473. The Hall–Kier alpha value is -0.610. The fraction of sp³-hybridized carbons (Fsp3) is 0.500. The van der Waals surface area contributed by atoms with E-state index in [9.17, 15) is 4.79 Å². The normalized spacial score (nSPS) is 19.4. The largest absolute Gasteiger partial charge is 0.378 e. The number of carbonyl (C=O) groups excluding carboxylic acids is 1. The van der Waals surface area contributed by atoms with Crippen LogP contribution in [-0.4, -0.2) is 42.5 Å². The van der Waals surface area contributed by atoms with E-state index in [1.807, 2.05) is 0 Å². The summed E-state index contributed by atoms with van der Waals surface area (Å²) >= 11 is 11.8. The molecule has 0 aliphatic carbocycles. The van der Waals surface area contributed by atoms with Crippen molar-refractivity contribution in [1.82, 2.24) is 4.90 Å². The van der Waals surface area contributed by atoms with Crippen LogP contribution < -0.4 is 0 Å². The summed E-state index contributed by atoms with van der Waals surface area (Å²) in [6.45, 7) is 6.59. The predicted octanol–water partition coefficient (Wildman–Crippen LogP) is 3.29. The molecule has 1 aromatic carbocycles. The van der Waals surface area contributed by atoms with Gasteiger partial charge in [0.05, 0.1) is 29.8 Å². The molecule has 0 amide bonds. The quantitative estimate of drug-likeness (QED) is 0.803. The third-order valence-electron chi connectivity index (χ3n) is 3.39. The first-order valence-corrected chi connectivity index (χ1v) is 6.97. The van der Waals surface area contributed by atoms with E-state index in [1.54, 1.807) is 18.2 Å². The number of rotatable bonds is 3. The molecule has 1 fully saturated rings. The molecule has 19 heavy (non-hydrogen) atoms. The zero-order valence-corrected chi connectivity index (χ0v) is 12.6. The molecule has 0 unspecified atom stereocenters. The molecule has 1 saturated heterocycles. The second kappa shape index (κ2) is 5.80. The first-order valence-electron chi connectivity index (χ1n) is 6.21. The minimum Gasteiger partial charge on any atom is -0.378 e. The second-order valence-corrected chi connectivity index (χ2v) is 6.15. The van der Waals surface area contributed by atoms with Gasteiger partial charge in [0.1, 0.15) is 0 Å². The first-order chi connectivity index (χ1) is 8.90. The third-order valence-corrected chi connectivity index (χ3v) is 4.13. The number of ketones is 1. The average Bonchev–Trinajstić information content (AvgIpc) is 2.35. The summed E-state index contributed by atoms with van der Waals surface area (Å²) in [4.78, 5) is 14.4. The van der Waals surface area contributed by atoms with E-state index in [0.717, 1.165) is 6.54 Å². The SMILES string of the molecule is CC1(C)COCCN1CC(=O)c1ccc(Cl)c(Cl)c1. The van der Waals surface area contributed by atoms with E-state index in [0.29, 0.717) is 35.4 Å². The number of morpholine rings is 1. The third kappa shape index (κ3) is 3.48. The van der Waals surface area contributed by atoms with Gasteiger partial charge >= 0.3 is 0 Å². The molecule has 2 rings (SSSR count). The van der Waals surface area contributed by atoms with Crippen LogP contribution in [0.1, 0.15) is 24.2 Å². The molecule has 0 bridgehead atoms. The van der Waals surface area contributed by atoms with Gasteiger partial charge in [0.2, 0.25) is 0 Å². The van der Waals surface area contributed by atoms with E-state index in [1.165, 1.54) is 0 Å². The van der Waals surface area contributed by atoms with E-state index >= 15 is 0 Å². The summed E-state index contributed by atoms with van der Waals surface area (Å²) < 4.78 is 5.45. The lowest BCUT2D eigenvalue weighted by atomic mass is 10.0. The maximum atomic E-state index is 12.3. The van der Waals surface area contributed by atoms with Gasteiger partial charge < -0.3 is 4.74 Å². The Morgan fingerprint density at radius 2 is 2.11 bits per heavy atom. The minimum atomic E-state index is -0.121. The van der Waals surface area contributed by atoms with Crippen LogP contribution in [0.5, 0.6) is 0 Å². The molecule has 1 heterocycles. The molecule has 1 aliphatic rings. The standard InChI is InChI=1S/C14H17Cl2NO2/c1-14(2)9-19-6-5-17(14)8-13(18)10-3-4-11(15)12(16)7-10/h3-4,7H,5-6,8-9H2,1-2H3. The molecule has 0 aromatic heterocycles. The van der Waals surface area contributed by atoms with E-state index < -0.39 is 0 Å². The molecule has 5 heteroatoms. The summed E-state index contributed by atoms with van der Waals surface area (Å²) in [5, 5.41) is 0.874. The highest BCUT2D eigenvalue weighted by Gasteiger charge is 2.31. The Kier molecular flexibility index (Phi) is 4.51. The lowest BCUT2D eigenvalue weighted by Gasteiger charge is -2.41. The second-order valence-electron chi connectivity index (χ2n) is 5.34. The Morgan fingerprint density at radius 3 is 2.74 bits per heavy atom. The number of benzene rings is 1. The van der Waals surface area contributed by atoms with Crippen LogP contribution in [0.25, 0.3) is 0 Å². The van der Waals surface area contributed by atoms with Gasteiger partial charge in [-0.3, -0.25) is 9.69 Å². The molecule has 0 radical (unpaired) electrons. The van der Waals surface area contributed by atoms with Crippen LogP contribution in [0.4, 0.5) is 0 Å². The Bertz CT molecular complexity index is 488. The summed E-state index contributed by atoms with van der Waals surface area (Å²) in [5.74, 6) is 0.0496. The molecule has 1 aliphatic heterocycles. The number of ether oxygens (including phenoxy) is 1. The number of carbonyl (C=O) groups is 1. The number of hydrogen-bond acceptors (Lipinski definition) is 3. The molecule has 1 aromatic rings. The topological polar surface area (TPSA) is 29.5 Å². The van der Waals surface area contributed by atoms with Crippen LogP contribution in [0.15, 0.2) is 18.2 Å². The lowest BCUT2D eigenvalue weighted by Crippen LogP contribution is -2.54. The molecule has 0 atom stereocenters. The van der Waals surface area contributed by atoms with Crippen molar-refractivity contribution >= 4 is 29.0 Å². The summed E-state index contributed by atoms with van der Waals surface area (Å²) in [6, 6.07) is 4.99. The Balaban J connectivity index is 2.10. The Morgan fingerprint density at radius 1 is 1.37 bits per heavy atom. The van der Waals surface area contributed by atoms with Gasteiger partial charge in [-0.25, -0.2) is 0 Å². The highest BCUT2D eigenvalue weighted by atomic mass is 35.5. The van der Waals surface area contributed by atoms with Crippen molar-refractivity contribution in [3.8, 4) is 0 Å². The van der Waals surface area contributed by atoms with Crippen LogP contribution in [0, 0.1) is 0 Å². The van der Waals surface area contributed by atoms with Crippen molar-refractivity contribution < 1.29 is 9.53 Å². The number of Topliss-reactive ketones (excluding diaryl/α,β-unsaturated/α-hetero) is 1. The van der Waals surface area contributed by atoms with Gasteiger partial charge in [-0.05, 0) is 32.0 Å². The fourth-order valence-corrected chi connectivity index (χ4v) is 2.42. The predicted molar refractivity (Wildman–Crippen MR) is 77.3 cm³/mol. The number of halogens is 2. The monoisotopic (exact) mass is 301 g/mol. The smallest absolute Gasteiger partial charge is 0.176 e. The molecule has 104 valence electrons. The molecule has 0 spiro atoms. The summed E-state index contributed by atoms with van der Waals surface area (Å²) in [7, 11) is 0. The van der Waals surface area contributed by atoms with E-state index in [-0.39, 0.29) is 11.3 Å². The molecular weight excluding hydrogens is 285 g/mol. The van der Waals surface area contributed by atoms with Gasteiger partial charge in [0.25, 0.3) is 0 Å². The van der Waals surface area contributed by atoms with E-state index in [4.69, 9.17) is 27.9 Å². The van der Waals surface area contributed by atoms with Crippen LogP contribution >= 0.6 is 23.2 Å². The molecular formula is C14H17Cl2NO2. The van der Waals surface area contributed by atoms with Gasteiger partial charge in [0.15, 0.2) is 5.78 Å². The maximum absolute atomic E-state index is 12.3. The van der Waals surface area contributed by atoms with Crippen molar-refractivity contribution in [3.63, 3.8) is 0 Å². The van der Waals surface area contributed by atoms with Crippen molar-refractivity contribution in [1.29, 1.82) is 0 Å². The van der Waals surface area contributed by atoms with Gasteiger partial charge in [-0.1, -0.05) is 23.2 Å². The zero-order valence-electron chi connectivity index (χ0n) is 11.1. The van der Waals surface area contributed by atoms with E-state index in [2.05, 4.69) is 18.7 Å². The highest BCUT2D eigenvalue weighted by molar-refractivity contribution is 6.42. The van der Waals surface area contributed by atoms with Crippen molar-refractivity contribution in [2.75, 3.05) is 26.3 Å².